The molecule has 1 aliphatic heterocycles. The molecule has 0 N–H and O–H groups in total. The van der Waals surface area contributed by atoms with E-state index in [0.717, 1.165) is 18.8 Å². The van der Waals surface area contributed by atoms with Gasteiger partial charge in [0.15, 0.2) is 0 Å². The molecule has 1 saturated heterocycles. The van der Waals surface area contributed by atoms with Gasteiger partial charge in [0.05, 0.1) is 12.2 Å². The zero-order valence-corrected chi connectivity index (χ0v) is 17.4. The fourth-order valence-electron chi connectivity index (χ4n) is 2.91. The SMILES string of the molecule is C[CH-]C(C)/C=C/C[C@H]1OC(CC)[C@H](C)C(C)C1C.[CH3-].[W+2]. The number of hydrogen-bond acceptors (Lipinski definition) is 1. The van der Waals surface area contributed by atoms with Crippen molar-refractivity contribution >= 4 is 0 Å². The van der Waals surface area contributed by atoms with Gasteiger partial charge in [-0.1, -0.05) is 40.7 Å². The zero-order chi connectivity index (χ0) is 13.7. The predicted molar refractivity (Wildman–Crippen MR) is 85.8 cm³/mol. The molecule has 20 heavy (non-hydrogen) atoms. The summed E-state index contributed by atoms with van der Waals surface area (Å²) in [7, 11) is 0. The summed E-state index contributed by atoms with van der Waals surface area (Å²) in [6.07, 6.45) is 9.87. The standard InChI is InChI=1S/C17H31O.CH3.W/c1-7-12(3)10-9-11-17-15(6)13(4)14(5)16(8-2)18-17;;/h7,9-10,12-17H,8,11H2,1-6H3;1H3;/q2*-1;+2/b10-9+;;/t12?,13?,14-,15?,16?,17-;;/m1../s1. The molecule has 2 heteroatoms. The third kappa shape index (κ3) is 6.02. The van der Waals surface area contributed by atoms with Crippen molar-refractivity contribution in [2.45, 2.75) is 66.6 Å². The Labute approximate surface area is 142 Å². The smallest absolute Gasteiger partial charge is 0.374 e. The van der Waals surface area contributed by atoms with Crippen LogP contribution in [-0.2, 0) is 25.8 Å². The van der Waals surface area contributed by atoms with E-state index in [2.05, 4.69) is 60.1 Å². The Morgan fingerprint density at radius 2 is 1.65 bits per heavy atom. The molecule has 0 aromatic carbocycles. The molecule has 0 bridgehead atoms. The average Bonchev–Trinajstić information content (AvgIpc) is 2.38. The molecular weight excluding hydrogens is 416 g/mol. The van der Waals surface area contributed by atoms with Gasteiger partial charge in [0.1, 0.15) is 0 Å². The molecular formula is C18H34OW. The van der Waals surface area contributed by atoms with E-state index in [4.69, 9.17) is 4.74 Å². The molecule has 0 aromatic rings. The Kier molecular flexibility index (Phi) is 12.5. The van der Waals surface area contributed by atoms with Crippen molar-refractivity contribution in [3.05, 3.63) is 26.0 Å². The second kappa shape index (κ2) is 11.0. The largest absolute Gasteiger partial charge is 2.00 e. The minimum atomic E-state index is 0. The van der Waals surface area contributed by atoms with Gasteiger partial charge < -0.3 is 18.6 Å². The van der Waals surface area contributed by atoms with Crippen LogP contribution in [0.2, 0.25) is 0 Å². The molecule has 6 atom stereocenters. The van der Waals surface area contributed by atoms with Crippen LogP contribution in [-0.4, -0.2) is 12.2 Å². The molecule has 1 aliphatic rings. The van der Waals surface area contributed by atoms with Crippen LogP contribution in [0.5, 0.6) is 0 Å². The van der Waals surface area contributed by atoms with E-state index in [9.17, 15) is 0 Å². The van der Waals surface area contributed by atoms with Crippen molar-refractivity contribution in [1.82, 2.24) is 0 Å². The molecule has 1 nitrogen and oxygen atoms in total. The summed E-state index contributed by atoms with van der Waals surface area (Å²) in [4.78, 5) is 0. The second-order valence-corrected chi connectivity index (χ2v) is 6.05. The van der Waals surface area contributed by atoms with Crippen LogP contribution in [0.15, 0.2) is 12.2 Å². The number of ether oxygens (including phenoxy) is 1. The van der Waals surface area contributed by atoms with Gasteiger partial charge in [0, 0.05) is 0 Å². The first-order valence-corrected chi connectivity index (χ1v) is 7.62. The van der Waals surface area contributed by atoms with Gasteiger partial charge in [0.2, 0.25) is 0 Å². The summed E-state index contributed by atoms with van der Waals surface area (Å²) in [6.45, 7) is 13.7. The molecule has 0 aromatic heterocycles. The number of rotatable bonds is 5. The summed E-state index contributed by atoms with van der Waals surface area (Å²) in [5.41, 5.74) is 0. The maximum absolute atomic E-state index is 6.28. The Morgan fingerprint density at radius 3 is 2.15 bits per heavy atom. The van der Waals surface area contributed by atoms with Gasteiger partial charge in [-0.2, -0.15) is 12.8 Å². The first-order valence-electron chi connectivity index (χ1n) is 7.62. The van der Waals surface area contributed by atoms with Gasteiger partial charge in [-0.15, -0.1) is 6.08 Å². The first kappa shape index (κ1) is 22.7. The summed E-state index contributed by atoms with van der Waals surface area (Å²) in [5.74, 6) is 2.68. The van der Waals surface area contributed by atoms with Crippen LogP contribution < -0.4 is 0 Å². The summed E-state index contributed by atoms with van der Waals surface area (Å²) >= 11 is 0. The van der Waals surface area contributed by atoms with Crippen LogP contribution >= 0.6 is 0 Å². The van der Waals surface area contributed by atoms with Crippen molar-refractivity contribution in [3.8, 4) is 0 Å². The predicted octanol–water partition coefficient (Wildman–Crippen LogP) is 5.33. The molecule has 1 heterocycles. The maximum atomic E-state index is 6.28. The van der Waals surface area contributed by atoms with Crippen LogP contribution in [0.3, 0.4) is 0 Å². The minimum absolute atomic E-state index is 0. The van der Waals surface area contributed by atoms with E-state index in [1.165, 1.54) is 0 Å². The molecule has 0 amide bonds. The maximum Gasteiger partial charge on any atom is 2.00 e. The normalized spacial score (nSPS) is 35.2. The zero-order valence-electron chi connectivity index (χ0n) is 14.4. The van der Waals surface area contributed by atoms with Gasteiger partial charge in [-0.3, -0.25) is 0 Å². The molecule has 0 aliphatic carbocycles. The topological polar surface area (TPSA) is 9.23 Å². The monoisotopic (exact) mass is 450 g/mol. The van der Waals surface area contributed by atoms with Gasteiger partial charge in [-0.25, -0.2) is 0 Å². The second-order valence-electron chi connectivity index (χ2n) is 6.05. The van der Waals surface area contributed by atoms with Crippen LogP contribution in [0, 0.1) is 37.5 Å². The van der Waals surface area contributed by atoms with Crippen LogP contribution in [0.1, 0.15) is 54.4 Å². The van der Waals surface area contributed by atoms with Crippen molar-refractivity contribution in [2.24, 2.45) is 23.7 Å². The van der Waals surface area contributed by atoms with E-state index in [-0.39, 0.29) is 28.5 Å². The van der Waals surface area contributed by atoms with Crippen molar-refractivity contribution in [3.63, 3.8) is 0 Å². The first-order chi connectivity index (χ1) is 8.51. The summed E-state index contributed by atoms with van der Waals surface area (Å²) in [5, 5.41) is 0. The Bertz CT molecular complexity index is 262. The van der Waals surface area contributed by atoms with Crippen molar-refractivity contribution in [2.75, 3.05) is 0 Å². The average molecular weight is 450 g/mol. The molecule has 118 valence electrons. The van der Waals surface area contributed by atoms with Gasteiger partial charge in [0.25, 0.3) is 0 Å². The number of allylic oxidation sites excluding steroid dienone is 1. The third-order valence-corrected chi connectivity index (χ3v) is 4.92. The summed E-state index contributed by atoms with van der Waals surface area (Å²) < 4.78 is 6.28. The van der Waals surface area contributed by atoms with E-state index in [1.807, 2.05) is 0 Å². The molecule has 0 saturated carbocycles. The fourth-order valence-corrected chi connectivity index (χ4v) is 2.91. The molecule has 1 rings (SSSR count). The molecule has 4 unspecified atom stereocenters. The van der Waals surface area contributed by atoms with Crippen molar-refractivity contribution in [1.29, 1.82) is 0 Å². The summed E-state index contributed by atoms with van der Waals surface area (Å²) in [6, 6.07) is 0. The van der Waals surface area contributed by atoms with Gasteiger partial charge >= 0.3 is 21.1 Å². The Morgan fingerprint density at radius 1 is 1.10 bits per heavy atom. The van der Waals surface area contributed by atoms with Crippen LogP contribution in [0.4, 0.5) is 0 Å². The van der Waals surface area contributed by atoms with Gasteiger partial charge in [-0.05, 0) is 30.6 Å². The quantitative estimate of drug-likeness (QED) is 0.407. The van der Waals surface area contributed by atoms with E-state index in [1.54, 1.807) is 0 Å². The molecule has 0 radical (unpaired) electrons. The number of hydrogen-bond donors (Lipinski definition) is 0. The van der Waals surface area contributed by atoms with Crippen molar-refractivity contribution < 1.29 is 25.8 Å². The molecule has 0 spiro atoms. The third-order valence-electron chi connectivity index (χ3n) is 4.92. The van der Waals surface area contributed by atoms with Crippen LogP contribution in [0.25, 0.3) is 0 Å². The fraction of sp³-hybridized carbons (Fsp3) is 0.778. The Hall–Kier alpha value is 0.388. The Balaban J connectivity index is 0. The molecule has 1 fully saturated rings. The van der Waals surface area contributed by atoms with E-state index in [0.29, 0.717) is 30.0 Å². The minimum Gasteiger partial charge on any atom is -0.374 e. The van der Waals surface area contributed by atoms with E-state index >= 15 is 0 Å². The van der Waals surface area contributed by atoms with E-state index < -0.39 is 0 Å².